The molecule has 3 rings (SSSR count). The van der Waals surface area contributed by atoms with Gasteiger partial charge in [0.2, 0.25) is 0 Å². The van der Waals surface area contributed by atoms with Crippen LogP contribution in [0.3, 0.4) is 0 Å². The van der Waals surface area contributed by atoms with Gasteiger partial charge >= 0.3 is 5.97 Å². The van der Waals surface area contributed by atoms with Crippen molar-refractivity contribution in [3.8, 4) is 16.9 Å². The standard InChI is InChI=1S/C17H14ClN3O2/c1-11-7-8-13(9-14(11)18)21-15(10-16(22)23)17(19-20-21)12-5-3-2-4-6-12/h2-9H,10H2,1H3,(H,22,23). The first-order valence-electron chi connectivity index (χ1n) is 7.04. The van der Waals surface area contributed by atoms with Gasteiger partial charge in [0.05, 0.1) is 17.8 Å². The van der Waals surface area contributed by atoms with Gasteiger partial charge in [0, 0.05) is 10.6 Å². The quantitative estimate of drug-likeness (QED) is 0.796. The summed E-state index contributed by atoms with van der Waals surface area (Å²) in [5.74, 6) is -0.941. The number of aromatic nitrogens is 3. The monoisotopic (exact) mass is 327 g/mol. The van der Waals surface area contributed by atoms with Gasteiger partial charge in [0.25, 0.3) is 0 Å². The predicted molar refractivity (Wildman–Crippen MR) is 87.9 cm³/mol. The molecule has 0 aliphatic rings. The maximum Gasteiger partial charge on any atom is 0.309 e. The number of nitrogens with zero attached hydrogens (tertiary/aromatic N) is 3. The SMILES string of the molecule is Cc1ccc(-n2nnc(-c3ccccc3)c2CC(=O)O)cc1Cl. The van der Waals surface area contributed by atoms with E-state index in [9.17, 15) is 9.90 Å². The average molecular weight is 328 g/mol. The lowest BCUT2D eigenvalue weighted by atomic mass is 10.1. The Morgan fingerprint density at radius 1 is 1.22 bits per heavy atom. The fraction of sp³-hybridized carbons (Fsp3) is 0.118. The molecule has 0 radical (unpaired) electrons. The molecule has 6 heteroatoms. The van der Waals surface area contributed by atoms with E-state index in [0.29, 0.717) is 22.1 Å². The van der Waals surface area contributed by atoms with Crippen LogP contribution in [-0.4, -0.2) is 26.1 Å². The van der Waals surface area contributed by atoms with Crippen LogP contribution in [0.2, 0.25) is 5.02 Å². The maximum absolute atomic E-state index is 11.3. The van der Waals surface area contributed by atoms with Crippen molar-refractivity contribution in [2.24, 2.45) is 0 Å². The van der Waals surface area contributed by atoms with Crippen molar-refractivity contribution in [2.75, 3.05) is 0 Å². The van der Waals surface area contributed by atoms with Gasteiger partial charge in [-0.3, -0.25) is 4.79 Å². The summed E-state index contributed by atoms with van der Waals surface area (Å²) >= 11 is 6.17. The van der Waals surface area contributed by atoms with Crippen molar-refractivity contribution >= 4 is 17.6 Å². The van der Waals surface area contributed by atoms with Crippen molar-refractivity contribution < 1.29 is 9.90 Å². The number of rotatable bonds is 4. The van der Waals surface area contributed by atoms with Crippen LogP contribution in [0.4, 0.5) is 0 Å². The molecule has 0 spiro atoms. The third-order valence-corrected chi connectivity index (χ3v) is 3.94. The number of aryl methyl sites for hydroxylation is 1. The zero-order valence-corrected chi connectivity index (χ0v) is 13.2. The van der Waals surface area contributed by atoms with Crippen LogP contribution in [-0.2, 0) is 11.2 Å². The predicted octanol–water partition coefficient (Wildman–Crippen LogP) is 3.52. The molecule has 0 aliphatic carbocycles. The number of benzene rings is 2. The van der Waals surface area contributed by atoms with Gasteiger partial charge < -0.3 is 5.11 Å². The van der Waals surface area contributed by atoms with Crippen LogP contribution in [0.15, 0.2) is 48.5 Å². The summed E-state index contributed by atoms with van der Waals surface area (Å²) in [5.41, 5.74) is 3.53. The summed E-state index contributed by atoms with van der Waals surface area (Å²) in [7, 11) is 0. The van der Waals surface area contributed by atoms with Crippen LogP contribution in [0, 0.1) is 6.92 Å². The summed E-state index contributed by atoms with van der Waals surface area (Å²) in [5, 5.41) is 18.1. The zero-order valence-electron chi connectivity index (χ0n) is 12.4. The first kappa shape index (κ1) is 15.2. The van der Waals surface area contributed by atoms with Crippen molar-refractivity contribution in [2.45, 2.75) is 13.3 Å². The second-order valence-corrected chi connectivity index (χ2v) is 5.57. The van der Waals surface area contributed by atoms with Crippen LogP contribution in [0.1, 0.15) is 11.3 Å². The van der Waals surface area contributed by atoms with E-state index in [1.807, 2.05) is 49.4 Å². The molecule has 3 aromatic rings. The van der Waals surface area contributed by atoms with Crippen molar-refractivity contribution in [3.63, 3.8) is 0 Å². The molecule has 5 nitrogen and oxygen atoms in total. The fourth-order valence-corrected chi connectivity index (χ4v) is 2.52. The second-order valence-electron chi connectivity index (χ2n) is 5.17. The summed E-state index contributed by atoms with van der Waals surface area (Å²) in [6.07, 6.45) is -0.178. The minimum atomic E-state index is -0.941. The number of aliphatic carboxylic acids is 1. The Hall–Kier alpha value is -2.66. The Bertz CT molecular complexity index is 860. The Balaban J connectivity index is 2.15. The topological polar surface area (TPSA) is 68.0 Å². The van der Waals surface area contributed by atoms with Crippen LogP contribution < -0.4 is 0 Å². The van der Waals surface area contributed by atoms with Gasteiger partial charge in [-0.25, -0.2) is 4.68 Å². The average Bonchev–Trinajstić information content (AvgIpc) is 2.94. The molecule has 2 aromatic carbocycles. The Morgan fingerprint density at radius 2 is 1.96 bits per heavy atom. The van der Waals surface area contributed by atoms with E-state index in [1.54, 1.807) is 6.07 Å². The number of carbonyl (C=O) groups is 1. The number of carboxylic acids is 1. The first-order chi connectivity index (χ1) is 11.1. The highest BCUT2D eigenvalue weighted by Gasteiger charge is 2.18. The van der Waals surface area contributed by atoms with E-state index >= 15 is 0 Å². The molecule has 0 saturated heterocycles. The zero-order chi connectivity index (χ0) is 16.4. The Labute approximate surface area is 138 Å². The molecule has 0 aliphatic heterocycles. The van der Waals surface area contributed by atoms with Gasteiger partial charge in [-0.2, -0.15) is 0 Å². The van der Waals surface area contributed by atoms with Crippen LogP contribution >= 0.6 is 11.6 Å². The van der Waals surface area contributed by atoms with Crippen molar-refractivity contribution in [3.05, 3.63) is 64.8 Å². The molecule has 0 saturated carbocycles. The van der Waals surface area contributed by atoms with Crippen molar-refractivity contribution in [1.29, 1.82) is 0 Å². The molecule has 23 heavy (non-hydrogen) atoms. The summed E-state index contributed by atoms with van der Waals surface area (Å²) in [4.78, 5) is 11.3. The van der Waals surface area contributed by atoms with Gasteiger partial charge in [0.15, 0.2) is 0 Å². The van der Waals surface area contributed by atoms with Gasteiger partial charge in [-0.15, -0.1) is 5.10 Å². The molecule has 1 N–H and O–H groups in total. The number of halogens is 1. The van der Waals surface area contributed by atoms with Crippen molar-refractivity contribution in [1.82, 2.24) is 15.0 Å². The second kappa shape index (κ2) is 6.22. The molecule has 0 atom stereocenters. The molecule has 1 heterocycles. The van der Waals surface area contributed by atoms with E-state index in [-0.39, 0.29) is 6.42 Å². The maximum atomic E-state index is 11.3. The lowest BCUT2D eigenvalue weighted by Gasteiger charge is -2.08. The van der Waals surface area contributed by atoms with E-state index in [4.69, 9.17) is 11.6 Å². The normalized spacial score (nSPS) is 10.7. The summed E-state index contributed by atoms with van der Waals surface area (Å²) in [6.45, 7) is 1.90. The number of hydrogen-bond acceptors (Lipinski definition) is 3. The number of carboxylic acid groups (broad SMARTS) is 1. The minimum Gasteiger partial charge on any atom is -0.481 e. The third kappa shape index (κ3) is 3.10. The highest BCUT2D eigenvalue weighted by molar-refractivity contribution is 6.31. The molecule has 1 aromatic heterocycles. The van der Waals surface area contributed by atoms with Gasteiger partial charge in [-0.05, 0) is 24.6 Å². The first-order valence-corrected chi connectivity index (χ1v) is 7.42. The minimum absolute atomic E-state index is 0.178. The van der Waals surface area contributed by atoms with E-state index in [1.165, 1.54) is 4.68 Å². The Kier molecular flexibility index (Phi) is 4.12. The lowest BCUT2D eigenvalue weighted by molar-refractivity contribution is -0.136. The fourth-order valence-electron chi connectivity index (χ4n) is 2.34. The number of hydrogen-bond donors (Lipinski definition) is 1. The molecule has 116 valence electrons. The lowest BCUT2D eigenvalue weighted by Crippen LogP contribution is -2.09. The highest BCUT2D eigenvalue weighted by Crippen LogP contribution is 2.25. The van der Waals surface area contributed by atoms with E-state index < -0.39 is 5.97 Å². The molecule has 0 amide bonds. The van der Waals surface area contributed by atoms with E-state index in [2.05, 4.69) is 10.3 Å². The molecule has 0 fully saturated rings. The van der Waals surface area contributed by atoms with Crippen LogP contribution in [0.5, 0.6) is 0 Å². The summed E-state index contributed by atoms with van der Waals surface area (Å²) < 4.78 is 1.53. The smallest absolute Gasteiger partial charge is 0.309 e. The largest absolute Gasteiger partial charge is 0.481 e. The van der Waals surface area contributed by atoms with Crippen LogP contribution in [0.25, 0.3) is 16.9 Å². The van der Waals surface area contributed by atoms with E-state index in [0.717, 1.165) is 11.1 Å². The van der Waals surface area contributed by atoms with Gasteiger partial charge in [-0.1, -0.05) is 53.2 Å². The molecule has 0 unspecified atom stereocenters. The molecular weight excluding hydrogens is 314 g/mol. The third-order valence-electron chi connectivity index (χ3n) is 3.53. The molecular formula is C17H14ClN3O2. The summed E-state index contributed by atoms with van der Waals surface area (Å²) in [6, 6.07) is 14.9. The van der Waals surface area contributed by atoms with Gasteiger partial charge in [0.1, 0.15) is 5.69 Å². The molecule has 0 bridgehead atoms. The Morgan fingerprint density at radius 3 is 2.61 bits per heavy atom. The highest BCUT2D eigenvalue weighted by atomic mass is 35.5.